The lowest BCUT2D eigenvalue weighted by atomic mass is 10.2. The van der Waals surface area contributed by atoms with Gasteiger partial charge in [-0.15, -0.1) is 0 Å². The molecule has 0 fully saturated rings. The highest BCUT2D eigenvalue weighted by molar-refractivity contribution is 6.31. The molecule has 0 saturated heterocycles. The molecule has 4 heteroatoms. The van der Waals surface area contributed by atoms with Crippen LogP contribution in [0.3, 0.4) is 0 Å². The third-order valence-corrected chi connectivity index (χ3v) is 2.42. The van der Waals surface area contributed by atoms with Gasteiger partial charge in [0.05, 0.1) is 19.3 Å². The Labute approximate surface area is 95.1 Å². The molecule has 0 bridgehead atoms. The maximum Gasteiger partial charge on any atom is 0.0934 e. The molecule has 0 spiro atoms. The SMILES string of the molecule is COCC(CN)OCc1ccccc1Cl. The molecule has 0 amide bonds. The van der Waals surface area contributed by atoms with E-state index in [4.69, 9.17) is 26.8 Å². The molecular formula is C11H16ClNO2. The van der Waals surface area contributed by atoms with Crippen molar-refractivity contribution in [1.29, 1.82) is 0 Å². The Hall–Kier alpha value is -0.610. The summed E-state index contributed by atoms with van der Waals surface area (Å²) < 4.78 is 10.5. The first kappa shape index (κ1) is 12.5. The zero-order valence-corrected chi connectivity index (χ0v) is 9.54. The van der Waals surface area contributed by atoms with Gasteiger partial charge in [-0.3, -0.25) is 0 Å². The molecule has 1 aromatic carbocycles. The van der Waals surface area contributed by atoms with Gasteiger partial charge in [-0.2, -0.15) is 0 Å². The van der Waals surface area contributed by atoms with Crippen LogP contribution in [0.4, 0.5) is 0 Å². The number of nitrogens with two attached hydrogens (primary N) is 1. The summed E-state index contributed by atoms with van der Waals surface area (Å²) in [6.07, 6.45) is -0.0775. The molecule has 0 radical (unpaired) electrons. The van der Waals surface area contributed by atoms with E-state index in [1.54, 1.807) is 7.11 Å². The summed E-state index contributed by atoms with van der Waals surface area (Å²) in [7, 11) is 1.63. The Morgan fingerprint density at radius 3 is 2.73 bits per heavy atom. The van der Waals surface area contributed by atoms with Crippen molar-refractivity contribution < 1.29 is 9.47 Å². The highest BCUT2D eigenvalue weighted by Crippen LogP contribution is 2.16. The minimum absolute atomic E-state index is 0.0775. The van der Waals surface area contributed by atoms with Crippen molar-refractivity contribution in [3.8, 4) is 0 Å². The molecule has 0 heterocycles. The Bertz CT molecular complexity index is 294. The largest absolute Gasteiger partial charge is 0.382 e. The van der Waals surface area contributed by atoms with Crippen LogP contribution in [-0.2, 0) is 16.1 Å². The van der Waals surface area contributed by atoms with Gasteiger partial charge < -0.3 is 15.2 Å². The van der Waals surface area contributed by atoms with Crippen molar-refractivity contribution >= 4 is 11.6 Å². The molecule has 1 rings (SSSR count). The predicted octanol–water partition coefficient (Wildman–Crippen LogP) is 1.83. The summed E-state index contributed by atoms with van der Waals surface area (Å²) in [6, 6.07) is 7.59. The second kappa shape index (κ2) is 6.80. The van der Waals surface area contributed by atoms with Gasteiger partial charge in [0.25, 0.3) is 0 Å². The average Bonchev–Trinajstić information content (AvgIpc) is 2.26. The first-order chi connectivity index (χ1) is 7.27. The van der Waals surface area contributed by atoms with Crippen molar-refractivity contribution in [2.45, 2.75) is 12.7 Å². The summed E-state index contributed by atoms with van der Waals surface area (Å²) >= 11 is 5.99. The van der Waals surface area contributed by atoms with Gasteiger partial charge in [0.1, 0.15) is 0 Å². The first-order valence-corrected chi connectivity index (χ1v) is 5.19. The van der Waals surface area contributed by atoms with Crippen molar-refractivity contribution in [2.24, 2.45) is 5.73 Å². The van der Waals surface area contributed by atoms with E-state index >= 15 is 0 Å². The standard InChI is InChI=1S/C11H16ClNO2/c1-14-8-10(6-13)15-7-9-4-2-3-5-11(9)12/h2-5,10H,6-8,13H2,1H3. The third kappa shape index (κ3) is 4.18. The Kier molecular flexibility index (Phi) is 5.65. The normalized spacial score (nSPS) is 12.7. The summed E-state index contributed by atoms with van der Waals surface area (Å²) in [6.45, 7) is 1.41. The fourth-order valence-electron chi connectivity index (χ4n) is 1.19. The minimum Gasteiger partial charge on any atom is -0.382 e. The number of benzene rings is 1. The highest BCUT2D eigenvalue weighted by Gasteiger charge is 2.07. The average molecular weight is 230 g/mol. The molecular weight excluding hydrogens is 214 g/mol. The van der Waals surface area contributed by atoms with Gasteiger partial charge >= 0.3 is 0 Å². The zero-order valence-electron chi connectivity index (χ0n) is 8.78. The molecule has 1 atom stereocenters. The lowest BCUT2D eigenvalue weighted by Gasteiger charge is -2.15. The van der Waals surface area contributed by atoms with Crippen LogP contribution in [-0.4, -0.2) is 26.4 Å². The summed E-state index contributed by atoms with van der Waals surface area (Å²) in [5, 5.41) is 0.714. The lowest BCUT2D eigenvalue weighted by molar-refractivity contribution is -0.00559. The van der Waals surface area contributed by atoms with Crippen LogP contribution in [0.5, 0.6) is 0 Å². The number of methoxy groups -OCH3 is 1. The molecule has 3 nitrogen and oxygen atoms in total. The summed E-state index contributed by atoms with van der Waals surface area (Å²) in [5.74, 6) is 0. The van der Waals surface area contributed by atoms with Gasteiger partial charge in [0, 0.05) is 18.7 Å². The first-order valence-electron chi connectivity index (χ1n) is 4.82. The zero-order chi connectivity index (χ0) is 11.1. The Morgan fingerprint density at radius 2 is 2.13 bits per heavy atom. The minimum atomic E-state index is -0.0775. The summed E-state index contributed by atoms with van der Waals surface area (Å²) in [4.78, 5) is 0. The molecule has 0 saturated carbocycles. The number of rotatable bonds is 6. The maximum atomic E-state index is 5.99. The topological polar surface area (TPSA) is 44.5 Å². The third-order valence-electron chi connectivity index (χ3n) is 2.05. The van der Waals surface area contributed by atoms with E-state index in [-0.39, 0.29) is 6.10 Å². The van der Waals surface area contributed by atoms with E-state index in [1.165, 1.54) is 0 Å². The van der Waals surface area contributed by atoms with Crippen molar-refractivity contribution in [3.63, 3.8) is 0 Å². The molecule has 0 aliphatic heterocycles. The number of hydrogen-bond acceptors (Lipinski definition) is 3. The number of ether oxygens (including phenoxy) is 2. The predicted molar refractivity (Wildman–Crippen MR) is 61.0 cm³/mol. The Morgan fingerprint density at radius 1 is 1.40 bits per heavy atom. The van der Waals surface area contributed by atoms with Gasteiger partial charge in [-0.05, 0) is 11.6 Å². The monoisotopic (exact) mass is 229 g/mol. The number of halogens is 1. The van der Waals surface area contributed by atoms with E-state index < -0.39 is 0 Å². The fourth-order valence-corrected chi connectivity index (χ4v) is 1.38. The van der Waals surface area contributed by atoms with Crippen molar-refractivity contribution in [2.75, 3.05) is 20.3 Å². The van der Waals surface area contributed by atoms with Gasteiger partial charge in [-0.25, -0.2) is 0 Å². The quantitative estimate of drug-likeness (QED) is 0.810. The van der Waals surface area contributed by atoms with E-state index in [1.807, 2.05) is 24.3 Å². The van der Waals surface area contributed by atoms with Crippen molar-refractivity contribution in [3.05, 3.63) is 34.9 Å². The second-order valence-corrected chi connectivity index (χ2v) is 3.62. The van der Waals surface area contributed by atoms with Gasteiger partial charge in [0.2, 0.25) is 0 Å². The molecule has 84 valence electrons. The molecule has 0 aromatic heterocycles. The van der Waals surface area contributed by atoms with Crippen LogP contribution in [0.15, 0.2) is 24.3 Å². The smallest absolute Gasteiger partial charge is 0.0934 e. The molecule has 0 aliphatic carbocycles. The van der Waals surface area contributed by atoms with E-state index in [0.717, 1.165) is 5.56 Å². The van der Waals surface area contributed by atoms with Gasteiger partial charge in [0.15, 0.2) is 0 Å². The van der Waals surface area contributed by atoms with Crippen molar-refractivity contribution in [1.82, 2.24) is 0 Å². The maximum absolute atomic E-state index is 5.99. The highest BCUT2D eigenvalue weighted by atomic mass is 35.5. The van der Waals surface area contributed by atoms with Crippen LogP contribution in [0.1, 0.15) is 5.56 Å². The van der Waals surface area contributed by atoms with Crippen LogP contribution in [0.25, 0.3) is 0 Å². The van der Waals surface area contributed by atoms with E-state index in [0.29, 0.717) is 24.8 Å². The lowest BCUT2D eigenvalue weighted by Crippen LogP contribution is -2.28. The summed E-state index contributed by atoms with van der Waals surface area (Å²) in [5.41, 5.74) is 6.49. The van der Waals surface area contributed by atoms with Gasteiger partial charge in [-0.1, -0.05) is 29.8 Å². The Balaban J connectivity index is 2.45. The van der Waals surface area contributed by atoms with Crippen LogP contribution >= 0.6 is 11.6 Å². The fraction of sp³-hybridized carbons (Fsp3) is 0.455. The van der Waals surface area contributed by atoms with E-state index in [9.17, 15) is 0 Å². The second-order valence-electron chi connectivity index (χ2n) is 3.22. The molecule has 2 N–H and O–H groups in total. The van der Waals surface area contributed by atoms with Crippen LogP contribution < -0.4 is 5.73 Å². The molecule has 0 aliphatic rings. The van der Waals surface area contributed by atoms with E-state index in [2.05, 4.69) is 0 Å². The molecule has 15 heavy (non-hydrogen) atoms. The molecule has 1 unspecified atom stereocenters. The molecule has 1 aromatic rings. The van der Waals surface area contributed by atoms with Crippen LogP contribution in [0.2, 0.25) is 5.02 Å². The number of hydrogen-bond donors (Lipinski definition) is 1. The van der Waals surface area contributed by atoms with Crippen LogP contribution in [0, 0.1) is 0 Å².